The largest absolute Gasteiger partial charge is 0.448 e. The number of oxazole rings is 1. The number of likely N-dealkylation sites (tertiary alicyclic amines) is 2. The van der Waals surface area contributed by atoms with Crippen molar-refractivity contribution >= 4 is 5.91 Å². The van der Waals surface area contributed by atoms with Gasteiger partial charge in [0, 0.05) is 38.3 Å². The predicted molar refractivity (Wildman–Crippen MR) is 89.0 cm³/mol. The van der Waals surface area contributed by atoms with Gasteiger partial charge in [0.2, 0.25) is 0 Å². The van der Waals surface area contributed by atoms with Crippen LogP contribution < -0.4 is 0 Å². The Labute approximate surface area is 143 Å². The van der Waals surface area contributed by atoms with Crippen LogP contribution in [-0.2, 0) is 4.74 Å². The maximum atomic E-state index is 12.7. The smallest absolute Gasteiger partial charge is 0.275 e. The molecule has 4 rings (SSSR count). The van der Waals surface area contributed by atoms with Crippen LogP contribution in [0.15, 0.2) is 10.7 Å². The van der Waals surface area contributed by atoms with E-state index in [1.165, 1.54) is 32.4 Å². The van der Waals surface area contributed by atoms with Gasteiger partial charge in [0.15, 0.2) is 11.6 Å². The monoisotopic (exact) mass is 333 g/mol. The molecule has 0 bridgehead atoms. The minimum Gasteiger partial charge on any atom is -0.448 e. The summed E-state index contributed by atoms with van der Waals surface area (Å²) in [5, 5.41) is 0. The van der Waals surface area contributed by atoms with Gasteiger partial charge in [-0.15, -0.1) is 0 Å². The Hall–Kier alpha value is -1.40. The maximum Gasteiger partial charge on any atom is 0.275 e. The first-order chi connectivity index (χ1) is 11.8. The van der Waals surface area contributed by atoms with Gasteiger partial charge in [-0.2, -0.15) is 0 Å². The Bertz CT molecular complexity index is 562. The number of carbonyl (C=O) groups excluding carboxylic acids is 1. The molecule has 6 nitrogen and oxygen atoms in total. The number of amides is 1. The van der Waals surface area contributed by atoms with Gasteiger partial charge in [0.05, 0.1) is 0 Å². The number of nitrogens with zero attached hydrogens (tertiary/aromatic N) is 3. The number of ether oxygens (including phenoxy) is 1. The molecule has 132 valence electrons. The van der Waals surface area contributed by atoms with Gasteiger partial charge in [0.1, 0.15) is 6.26 Å². The molecule has 0 N–H and O–H groups in total. The number of aromatic nitrogens is 1. The summed E-state index contributed by atoms with van der Waals surface area (Å²) in [7, 11) is 0. The van der Waals surface area contributed by atoms with Crippen molar-refractivity contribution in [3.63, 3.8) is 0 Å². The minimum absolute atomic E-state index is 0.0246. The highest BCUT2D eigenvalue weighted by Crippen LogP contribution is 2.27. The van der Waals surface area contributed by atoms with Crippen LogP contribution in [-0.4, -0.2) is 66.1 Å². The SMILES string of the molecule is O=C(c1coc(C2CCOCC2)n1)N1CCC(N2CCCCC2)C1. The molecule has 1 aromatic rings. The van der Waals surface area contributed by atoms with Gasteiger partial charge in [-0.05, 0) is 45.2 Å². The van der Waals surface area contributed by atoms with E-state index in [0.29, 0.717) is 23.5 Å². The first-order valence-corrected chi connectivity index (χ1v) is 9.38. The lowest BCUT2D eigenvalue weighted by Crippen LogP contribution is -2.41. The van der Waals surface area contributed by atoms with E-state index in [1.807, 2.05) is 4.90 Å². The molecule has 1 amide bonds. The second-order valence-corrected chi connectivity index (χ2v) is 7.25. The van der Waals surface area contributed by atoms with E-state index < -0.39 is 0 Å². The molecule has 0 saturated carbocycles. The Kier molecular flexibility index (Phi) is 4.85. The highest BCUT2D eigenvalue weighted by molar-refractivity contribution is 5.92. The number of rotatable bonds is 3. The number of carbonyl (C=O) groups is 1. The van der Waals surface area contributed by atoms with Crippen LogP contribution >= 0.6 is 0 Å². The van der Waals surface area contributed by atoms with E-state index in [-0.39, 0.29) is 5.91 Å². The summed E-state index contributed by atoms with van der Waals surface area (Å²) in [5.41, 5.74) is 0.468. The maximum absolute atomic E-state index is 12.7. The third-order valence-electron chi connectivity index (χ3n) is 5.67. The lowest BCUT2D eigenvalue weighted by Gasteiger charge is -2.32. The van der Waals surface area contributed by atoms with E-state index in [2.05, 4.69) is 9.88 Å². The minimum atomic E-state index is 0.0246. The van der Waals surface area contributed by atoms with Crippen molar-refractivity contribution in [2.45, 2.75) is 50.5 Å². The first-order valence-electron chi connectivity index (χ1n) is 9.38. The molecule has 1 unspecified atom stereocenters. The van der Waals surface area contributed by atoms with Gasteiger partial charge in [-0.25, -0.2) is 4.98 Å². The summed E-state index contributed by atoms with van der Waals surface area (Å²) in [5.74, 6) is 1.02. The van der Waals surface area contributed by atoms with Gasteiger partial charge in [-0.1, -0.05) is 6.42 Å². The van der Waals surface area contributed by atoms with Crippen molar-refractivity contribution in [3.8, 4) is 0 Å². The molecule has 6 heteroatoms. The molecule has 3 fully saturated rings. The van der Waals surface area contributed by atoms with Gasteiger partial charge >= 0.3 is 0 Å². The van der Waals surface area contributed by atoms with Crippen LogP contribution in [0.4, 0.5) is 0 Å². The van der Waals surface area contributed by atoms with Crippen LogP contribution in [0.3, 0.4) is 0 Å². The molecule has 4 heterocycles. The average Bonchev–Trinajstić information content (AvgIpc) is 3.33. The van der Waals surface area contributed by atoms with E-state index in [1.54, 1.807) is 6.26 Å². The second-order valence-electron chi connectivity index (χ2n) is 7.25. The summed E-state index contributed by atoms with van der Waals surface area (Å²) in [4.78, 5) is 21.7. The van der Waals surface area contributed by atoms with Crippen LogP contribution in [0, 0.1) is 0 Å². The zero-order valence-corrected chi connectivity index (χ0v) is 14.3. The molecule has 3 aliphatic rings. The number of hydrogen-bond donors (Lipinski definition) is 0. The van der Waals surface area contributed by atoms with Crippen molar-refractivity contribution in [2.75, 3.05) is 39.4 Å². The Morgan fingerprint density at radius 1 is 1.08 bits per heavy atom. The Morgan fingerprint density at radius 3 is 2.67 bits per heavy atom. The summed E-state index contributed by atoms with van der Waals surface area (Å²) in [6, 6.07) is 0.524. The quantitative estimate of drug-likeness (QED) is 0.849. The van der Waals surface area contributed by atoms with Gasteiger partial charge in [0.25, 0.3) is 5.91 Å². The molecule has 0 spiro atoms. The van der Waals surface area contributed by atoms with E-state index in [4.69, 9.17) is 9.15 Å². The van der Waals surface area contributed by atoms with Gasteiger partial charge < -0.3 is 14.1 Å². The zero-order valence-electron chi connectivity index (χ0n) is 14.3. The van der Waals surface area contributed by atoms with Gasteiger partial charge in [-0.3, -0.25) is 9.69 Å². The van der Waals surface area contributed by atoms with Crippen molar-refractivity contribution in [1.82, 2.24) is 14.8 Å². The molecule has 3 saturated heterocycles. The molecular formula is C18H27N3O3. The standard InChI is InChI=1S/C18H27N3O3/c22-18(16-13-24-17(19-16)14-5-10-23-11-6-14)21-9-4-15(12-21)20-7-2-1-3-8-20/h13-15H,1-12H2. The Balaban J connectivity index is 1.36. The molecule has 0 aromatic carbocycles. The summed E-state index contributed by atoms with van der Waals surface area (Å²) in [6.07, 6.45) is 8.41. The van der Waals surface area contributed by atoms with E-state index in [0.717, 1.165) is 45.6 Å². The molecule has 24 heavy (non-hydrogen) atoms. The zero-order chi connectivity index (χ0) is 16.4. The highest BCUT2D eigenvalue weighted by Gasteiger charge is 2.33. The lowest BCUT2D eigenvalue weighted by atomic mass is 10.0. The lowest BCUT2D eigenvalue weighted by molar-refractivity contribution is 0.0764. The molecule has 0 radical (unpaired) electrons. The van der Waals surface area contributed by atoms with Crippen molar-refractivity contribution in [3.05, 3.63) is 17.8 Å². The molecule has 1 aromatic heterocycles. The molecule has 3 aliphatic heterocycles. The molecule has 0 aliphatic carbocycles. The van der Waals surface area contributed by atoms with Crippen molar-refractivity contribution < 1.29 is 13.9 Å². The van der Waals surface area contributed by atoms with Crippen LogP contribution in [0.1, 0.15) is 60.8 Å². The first kappa shape index (κ1) is 16.1. The number of hydrogen-bond acceptors (Lipinski definition) is 5. The van der Waals surface area contributed by atoms with Crippen LogP contribution in [0.5, 0.6) is 0 Å². The predicted octanol–water partition coefficient (Wildman–Crippen LogP) is 2.27. The van der Waals surface area contributed by atoms with Crippen molar-refractivity contribution in [2.24, 2.45) is 0 Å². The summed E-state index contributed by atoms with van der Waals surface area (Å²) < 4.78 is 11.0. The normalized spacial score (nSPS) is 26.8. The van der Waals surface area contributed by atoms with Crippen molar-refractivity contribution in [1.29, 1.82) is 0 Å². The number of piperidine rings is 1. The fourth-order valence-electron chi connectivity index (χ4n) is 4.19. The second kappa shape index (κ2) is 7.23. The van der Waals surface area contributed by atoms with Crippen LogP contribution in [0.2, 0.25) is 0 Å². The topological polar surface area (TPSA) is 58.8 Å². The Morgan fingerprint density at radius 2 is 1.88 bits per heavy atom. The molecule has 1 atom stereocenters. The van der Waals surface area contributed by atoms with E-state index in [9.17, 15) is 4.79 Å². The summed E-state index contributed by atoms with van der Waals surface area (Å²) in [6.45, 7) is 5.53. The molecular weight excluding hydrogens is 306 g/mol. The fourth-order valence-corrected chi connectivity index (χ4v) is 4.19. The fraction of sp³-hybridized carbons (Fsp3) is 0.778. The summed E-state index contributed by atoms with van der Waals surface area (Å²) >= 11 is 0. The third-order valence-corrected chi connectivity index (χ3v) is 5.67. The van der Waals surface area contributed by atoms with E-state index >= 15 is 0 Å². The van der Waals surface area contributed by atoms with Crippen LogP contribution in [0.25, 0.3) is 0 Å². The average molecular weight is 333 g/mol. The third kappa shape index (κ3) is 3.35. The highest BCUT2D eigenvalue weighted by atomic mass is 16.5.